The summed E-state index contributed by atoms with van der Waals surface area (Å²) in [6.45, 7) is 0.493. The Bertz CT molecular complexity index is 1150. The Balaban J connectivity index is 1.52. The van der Waals surface area contributed by atoms with Crippen LogP contribution in [-0.4, -0.2) is 23.2 Å². The number of benzene rings is 1. The number of aromatic nitrogens is 1. The molecule has 1 aliphatic heterocycles. The second-order valence-corrected chi connectivity index (χ2v) is 7.99. The quantitative estimate of drug-likeness (QED) is 0.639. The molecule has 3 heterocycles. The van der Waals surface area contributed by atoms with Crippen LogP contribution in [0, 0.1) is 0 Å². The summed E-state index contributed by atoms with van der Waals surface area (Å²) in [7, 11) is 0. The van der Waals surface area contributed by atoms with Gasteiger partial charge in [-0.05, 0) is 54.8 Å². The summed E-state index contributed by atoms with van der Waals surface area (Å²) in [5.74, 6) is 0.601. The molecule has 0 bridgehead atoms. The molecular formula is C25H24N4O3. The van der Waals surface area contributed by atoms with Crippen molar-refractivity contribution >= 4 is 23.1 Å². The van der Waals surface area contributed by atoms with E-state index in [9.17, 15) is 9.59 Å². The Labute approximate surface area is 186 Å². The lowest BCUT2D eigenvalue weighted by Gasteiger charge is -2.33. The molecule has 1 amide bonds. The first kappa shape index (κ1) is 20.1. The molecule has 1 aromatic carbocycles. The van der Waals surface area contributed by atoms with E-state index < -0.39 is 6.04 Å². The number of allylic oxidation sites excluding steroid dienone is 1. The van der Waals surface area contributed by atoms with Crippen molar-refractivity contribution in [3.05, 3.63) is 89.8 Å². The van der Waals surface area contributed by atoms with Crippen molar-refractivity contribution in [3.8, 4) is 0 Å². The molecule has 0 spiro atoms. The lowest BCUT2D eigenvalue weighted by Crippen LogP contribution is -2.41. The Morgan fingerprint density at radius 2 is 1.97 bits per heavy atom. The van der Waals surface area contributed by atoms with E-state index in [2.05, 4.69) is 15.6 Å². The minimum Gasteiger partial charge on any atom is -0.467 e. The van der Waals surface area contributed by atoms with Gasteiger partial charge in [-0.2, -0.15) is 0 Å². The molecule has 5 rings (SSSR count). The fourth-order valence-corrected chi connectivity index (χ4v) is 4.43. The number of fused-ring (bicyclic) bond motifs is 1. The van der Waals surface area contributed by atoms with Crippen LogP contribution in [0.2, 0.25) is 0 Å². The fraction of sp³-hybridized carbons (Fsp3) is 0.240. The topological polar surface area (TPSA) is 87.5 Å². The molecule has 2 aromatic heterocycles. The Morgan fingerprint density at radius 3 is 2.78 bits per heavy atom. The minimum absolute atomic E-state index is 0.0825. The zero-order valence-electron chi connectivity index (χ0n) is 17.6. The number of nitrogens with one attached hydrogen (secondary N) is 2. The van der Waals surface area contributed by atoms with Gasteiger partial charge in [-0.1, -0.05) is 12.1 Å². The van der Waals surface area contributed by atoms with Crippen molar-refractivity contribution in [2.75, 3.05) is 16.8 Å². The molecule has 7 nitrogen and oxygen atoms in total. The second-order valence-electron chi connectivity index (χ2n) is 7.99. The predicted octanol–water partition coefficient (Wildman–Crippen LogP) is 3.97. The second kappa shape index (κ2) is 8.70. The van der Waals surface area contributed by atoms with Gasteiger partial charge in [0, 0.05) is 36.6 Å². The number of carbonyl (C=O) groups excluding carboxylic acids is 2. The highest BCUT2D eigenvalue weighted by Gasteiger charge is 2.38. The zero-order chi connectivity index (χ0) is 21.9. The SMILES string of the molecule is O=C(CN1c2ccccc2NC2=C(C(=O)CCC2)[C@H]1c1ccco1)NCc1ccncc1. The summed E-state index contributed by atoms with van der Waals surface area (Å²) in [6, 6.07) is 14.8. The van der Waals surface area contributed by atoms with Gasteiger partial charge in [-0.25, -0.2) is 0 Å². The maximum atomic E-state index is 13.1. The molecule has 7 heteroatoms. The van der Waals surface area contributed by atoms with Crippen molar-refractivity contribution in [3.63, 3.8) is 0 Å². The van der Waals surface area contributed by atoms with Crippen LogP contribution < -0.4 is 15.5 Å². The number of amides is 1. The van der Waals surface area contributed by atoms with Gasteiger partial charge in [0.25, 0.3) is 0 Å². The average molecular weight is 428 g/mol. The largest absolute Gasteiger partial charge is 0.467 e. The zero-order valence-corrected chi connectivity index (χ0v) is 17.6. The van der Waals surface area contributed by atoms with E-state index >= 15 is 0 Å². The molecule has 0 radical (unpaired) electrons. The number of para-hydroxylation sites is 2. The molecule has 0 unspecified atom stereocenters. The smallest absolute Gasteiger partial charge is 0.239 e. The minimum atomic E-state index is -0.476. The number of pyridine rings is 1. The van der Waals surface area contributed by atoms with E-state index in [0.717, 1.165) is 35.5 Å². The molecule has 162 valence electrons. The van der Waals surface area contributed by atoms with Gasteiger partial charge in [0.1, 0.15) is 11.8 Å². The highest BCUT2D eigenvalue weighted by atomic mass is 16.3. The first-order valence-electron chi connectivity index (χ1n) is 10.8. The Kier molecular flexibility index (Phi) is 5.46. The molecule has 1 aliphatic carbocycles. The predicted molar refractivity (Wildman–Crippen MR) is 121 cm³/mol. The molecule has 32 heavy (non-hydrogen) atoms. The monoisotopic (exact) mass is 428 g/mol. The summed E-state index contributed by atoms with van der Waals surface area (Å²) in [6.07, 6.45) is 7.10. The van der Waals surface area contributed by atoms with Crippen LogP contribution in [0.3, 0.4) is 0 Å². The van der Waals surface area contributed by atoms with Crippen molar-refractivity contribution in [1.82, 2.24) is 10.3 Å². The summed E-state index contributed by atoms with van der Waals surface area (Å²) >= 11 is 0. The summed E-state index contributed by atoms with van der Waals surface area (Å²) < 4.78 is 5.79. The first-order chi connectivity index (χ1) is 15.7. The fourth-order valence-electron chi connectivity index (χ4n) is 4.43. The first-order valence-corrected chi connectivity index (χ1v) is 10.8. The number of furan rings is 1. The molecule has 0 saturated heterocycles. The van der Waals surface area contributed by atoms with E-state index in [1.807, 2.05) is 53.4 Å². The van der Waals surface area contributed by atoms with Gasteiger partial charge >= 0.3 is 0 Å². The molecule has 2 N–H and O–H groups in total. The van der Waals surface area contributed by atoms with Crippen LogP contribution in [0.4, 0.5) is 11.4 Å². The van der Waals surface area contributed by atoms with Crippen molar-refractivity contribution in [2.24, 2.45) is 0 Å². The van der Waals surface area contributed by atoms with Gasteiger partial charge in [0.05, 0.1) is 24.2 Å². The number of hydrogen-bond donors (Lipinski definition) is 2. The highest BCUT2D eigenvalue weighted by molar-refractivity contribution is 6.01. The standard InChI is InChI=1S/C25H24N4O3/c30-21-8-3-6-19-24(21)25(22-9-4-14-32-22)29(20-7-2-1-5-18(20)28-19)16-23(31)27-15-17-10-12-26-13-11-17/h1-2,4-5,7,9-14,25,28H,3,6,8,15-16H2,(H,27,31)/t25-/m1/s1. The molecule has 2 aliphatic rings. The van der Waals surface area contributed by atoms with Crippen LogP contribution in [0.5, 0.6) is 0 Å². The van der Waals surface area contributed by atoms with Crippen molar-refractivity contribution in [1.29, 1.82) is 0 Å². The maximum absolute atomic E-state index is 13.1. The van der Waals surface area contributed by atoms with Gasteiger partial charge in [-0.3, -0.25) is 14.6 Å². The van der Waals surface area contributed by atoms with Gasteiger partial charge in [0.15, 0.2) is 5.78 Å². The van der Waals surface area contributed by atoms with Crippen LogP contribution in [0.1, 0.15) is 36.6 Å². The maximum Gasteiger partial charge on any atom is 0.239 e. The molecular weight excluding hydrogens is 404 g/mol. The third-order valence-electron chi connectivity index (χ3n) is 5.91. The van der Waals surface area contributed by atoms with Gasteiger partial charge in [-0.15, -0.1) is 0 Å². The van der Waals surface area contributed by atoms with E-state index in [-0.39, 0.29) is 18.2 Å². The van der Waals surface area contributed by atoms with Crippen LogP contribution in [-0.2, 0) is 16.1 Å². The Hall–Kier alpha value is -3.87. The number of hydrogen-bond acceptors (Lipinski definition) is 6. The lowest BCUT2D eigenvalue weighted by molar-refractivity contribution is -0.120. The molecule has 0 fully saturated rings. The molecule has 3 aromatic rings. The summed E-state index contributed by atoms with van der Waals surface area (Å²) in [5.41, 5.74) is 4.31. The van der Waals surface area contributed by atoms with E-state index in [1.54, 1.807) is 18.7 Å². The van der Waals surface area contributed by atoms with Gasteiger partial charge < -0.3 is 20.0 Å². The summed E-state index contributed by atoms with van der Waals surface area (Å²) in [5, 5.41) is 6.47. The summed E-state index contributed by atoms with van der Waals surface area (Å²) in [4.78, 5) is 32.1. The normalized spacial score (nSPS) is 17.8. The Morgan fingerprint density at radius 1 is 1.12 bits per heavy atom. The lowest BCUT2D eigenvalue weighted by atomic mass is 9.88. The number of nitrogens with zero attached hydrogens (tertiary/aromatic N) is 2. The van der Waals surface area contributed by atoms with E-state index in [0.29, 0.717) is 24.3 Å². The van der Waals surface area contributed by atoms with Crippen LogP contribution >= 0.6 is 0 Å². The number of carbonyl (C=O) groups is 2. The van der Waals surface area contributed by atoms with Crippen LogP contribution in [0.15, 0.2) is 82.9 Å². The molecule has 1 atom stereocenters. The molecule has 0 saturated carbocycles. The van der Waals surface area contributed by atoms with Gasteiger partial charge in [0.2, 0.25) is 5.91 Å². The van der Waals surface area contributed by atoms with E-state index in [4.69, 9.17) is 4.42 Å². The van der Waals surface area contributed by atoms with Crippen molar-refractivity contribution < 1.29 is 14.0 Å². The number of rotatable bonds is 5. The van der Waals surface area contributed by atoms with Crippen LogP contribution in [0.25, 0.3) is 0 Å². The average Bonchev–Trinajstić information content (AvgIpc) is 3.30. The number of Topliss-reactive ketones (excluding diaryl/α,β-unsaturated/α-hetero) is 1. The van der Waals surface area contributed by atoms with E-state index in [1.165, 1.54) is 0 Å². The highest BCUT2D eigenvalue weighted by Crippen LogP contribution is 2.44. The van der Waals surface area contributed by atoms with Crippen molar-refractivity contribution in [2.45, 2.75) is 31.8 Å². The third kappa shape index (κ3) is 3.89. The third-order valence-corrected chi connectivity index (χ3v) is 5.91. The number of anilines is 2. The number of ketones is 1.